The second-order valence-electron chi connectivity index (χ2n) is 5.15. The molecule has 0 spiro atoms. The molecule has 1 aromatic carbocycles. The molecule has 1 aliphatic rings. The third kappa shape index (κ3) is 5.25. The number of likely N-dealkylation sites (tertiary alicyclic amines) is 1. The maximum absolute atomic E-state index is 12.2. The van der Waals surface area contributed by atoms with Gasteiger partial charge in [0.05, 0.1) is 0 Å². The van der Waals surface area contributed by atoms with Gasteiger partial charge in [-0.1, -0.05) is 0 Å². The summed E-state index contributed by atoms with van der Waals surface area (Å²) < 4.78 is 36.7. The predicted molar refractivity (Wildman–Crippen MR) is 77.1 cm³/mol. The van der Waals surface area contributed by atoms with Gasteiger partial charge in [0.25, 0.3) is 0 Å². The van der Waals surface area contributed by atoms with Crippen LogP contribution in [-0.2, 0) is 0 Å². The van der Waals surface area contributed by atoms with Crippen LogP contribution in [-0.4, -0.2) is 36.6 Å². The van der Waals surface area contributed by atoms with Crippen LogP contribution >= 0.6 is 11.8 Å². The number of alkyl halides is 3. The summed E-state index contributed by atoms with van der Waals surface area (Å²) in [4.78, 5) is 2.54. The smallest absolute Gasteiger partial charge is 0.382 e. The van der Waals surface area contributed by atoms with Crippen molar-refractivity contribution < 1.29 is 13.2 Å². The molecule has 1 atom stereocenters. The molecule has 1 aliphatic heterocycles. The normalized spacial score (nSPS) is 21.5. The van der Waals surface area contributed by atoms with Gasteiger partial charge < -0.3 is 10.2 Å². The molecule has 0 bridgehead atoms. The van der Waals surface area contributed by atoms with Crippen molar-refractivity contribution >= 4 is 17.4 Å². The van der Waals surface area contributed by atoms with Crippen molar-refractivity contribution in [2.45, 2.75) is 35.7 Å². The van der Waals surface area contributed by atoms with Crippen LogP contribution in [0, 0.1) is 0 Å². The fraction of sp³-hybridized carbons (Fsp3) is 0.571. The number of rotatable bonds is 3. The summed E-state index contributed by atoms with van der Waals surface area (Å²) in [6.45, 7) is 2.17. The Bertz CT molecular complexity index is 419. The molecule has 1 unspecified atom stereocenters. The number of hydrogen-bond acceptors (Lipinski definition) is 3. The third-order valence-electron chi connectivity index (χ3n) is 3.41. The molecule has 0 radical (unpaired) electrons. The number of benzene rings is 1. The summed E-state index contributed by atoms with van der Waals surface area (Å²) in [5.74, 6) is 0. The van der Waals surface area contributed by atoms with Gasteiger partial charge in [0.1, 0.15) is 0 Å². The van der Waals surface area contributed by atoms with Gasteiger partial charge in [-0.05, 0) is 75.4 Å². The topological polar surface area (TPSA) is 15.3 Å². The average Bonchev–Trinajstić information content (AvgIpc) is 2.55. The zero-order chi connectivity index (χ0) is 14.6. The fourth-order valence-corrected chi connectivity index (χ4v) is 2.91. The minimum atomic E-state index is -4.22. The Morgan fingerprint density at radius 3 is 2.50 bits per heavy atom. The fourth-order valence-electron chi connectivity index (χ4n) is 2.37. The molecular formula is C14H19F3N2S. The Morgan fingerprint density at radius 1 is 1.15 bits per heavy atom. The summed E-state index contributed by atoms with van der Waals surface area (Å²) in [5, 5.41) is 3.41. The lowest BCUT2D eigenvalue weighted by molar-refractivity contribution is -0.0328. The summed E-state index contributed by atoms with van der Waals surface area (Å²) in [6, 6.07) is 6.89. The molecule has 1 heterocycles. The molecule has 0 amide bonds. The second kappa shape index (κ2) is 6.72. The first-order chi connectivity index (χ1) is 9.42. The molecule has 0 saturated carbocycles. The number of anilines is 1. The summed E-state index contributed by atoms with van der Waals surface area (Å²) in [7, 11) is 2.12. The first-order valence-electron chi connectivity index (χ1n) is 6.73. The highest BCUT2D eigenvalue weighted by Gasteiger charge is 2.29. The van der Waals surface area contributed by atoms with Crippen molar-refractivity contribution in [3.8, 4) is 0 Å². The Labute approximate surface area is 121 Å². The van der Waals surface area contributed by atoms with Crippen LogP contribution in [0.15, 0.2) is 29.2 Å². The number of nitrogens with one attached hydrogen (secondary N) is 1. The van der Waals surface area contributed by atoms with Crippen LogP contribution in [0.1, 0.15) is 19.3 Å². The first kappa shape index (κ1) is 15.5. The minimum Gasteiger partial charge on any atom is -0.382 e. The highest BCUT2D eigenvalue weighted by Crippen LogP contribution is 2.37. The van der Waals surface area contributed by atoms with Gasteiger partial charge in [0.15, 0.2) is 0 Å². The number of thioether (sulfide) groups is 1. The molecule has 0 aromatic heterocycles. The Balaban J connectivity index is 1.90. The van der Waals surface area contributed by atoms with Gasteiger partial charge in [-0.2, -0.15) is 13.2 Å². The molecule has 20 heavy (non-hydrogen) atoms. The molecule has 0 aliphatic carbocycles. The maximum atomic E-state index is 12.2. The molecule has 2 rings (SSSR count). The van der Waals surface area contributed by atoms with E-state index in [1.807, 2.05) is 0 Å². The second-order valence-corrected chi connectivity index (χ2v) is 6.29. The average molecular weight is 304 g/mol. The van der Waals surface area contributed by atoms with Gasteiger partial charge in [-0.25, -0.2) is 0 Å². The van der Waals surface area contributed by atoms with E-state index in [-0.39, 0.29) is 16.7 Å². The molecule has 1 fully saturated rings. The minimum absolute atomic E-state index is 0.0753. The zero-order valence-corrected chi connectivity index (χ0v) is 12.2. The van der Waals surface area contributed by atoms with Crippen molar-refractivity contribution in [3.05, 3.63) is 24.3 Å². The van der Waals surface area contributed by atoms with Crippen molar-refractivity contribution in [1.29, 1.82) is 0 Å². The number of nitrogens with zero attached hydrogens (tertiary/aromatic N) is 1. The number of hydrogen-bond donors (Lipinski definition) is 1. The van der Waals surface area contributed by atoms with E-state index in [9.17, 15) is 13.2 Å². The molecular weight excluding hydrogens is 285 g/mol. The summed E-state index contributed by atoms with van der Waals surface area (Å²) in [6.07, 6.45) is 3.31. The van der Waals surface area contributed by atoms with Crippen LogP contribution in [0.2, 0.25) is 0 Å². The van der Waals surface area contributed by atoms with Crippen LogP contribution in [0.3, 0.4) is 0 Å². The Hall–Kier alpha value is -0.880. The van der Waals surface area contributed by atoms with Crippen LogP contribution in [0.4, 0.5) is 18.9 Å². The molecule has 1 N–H and O–H groups in total. The number of halogens is 3. The zero-order valence-electron chi connectivity index (χ0n) is 11.4. The highest BCUT2D eigenvalue weighted by atomic mass is 32.2. The van der Waals surface area contributed by atoms with Gasteiger partial charge in [0, 0.05) is 16.6 Å². The van der Waals surface area contributed by atoms with Crippen molar-refractivity contribution in [1.82, 2.24) is 4.90 Å². The largest absolute Gasteiger partial charge is 0.446 e. The van der Waals surface area contributed by atoms with E-state index in [2.05, 4.69) is 17.3 Å². The SMILES string of the molecule is CN1CCCC(Nc2ccc(SC(F)(F)F)cc2)CC1. The molecule has 2 nitrogen and oxygen atoms in total. The van der Waals surface area contributed by atoms with E-state index in [1.54, 1.807) is 12.1 Å². The van der Waals surface area contributed by atoms with E-state index in [4.69, 9.17) is 0 Å². The molecule has 6 heteroatoms. The van der Waals surface area contributed by atoms with E-state index in [0.29, 0.717) is 6.04 Å². The molecule has 1 saturated heterocycles. The first-order valence-corrected chi connectivity index (χ1v) is 7.55. The standard InChI is InChI=1S/C14H19F3N2S/c1-19-9-2-3-11(8-10-19)18-12-4-6-13(7-5-12)20-14(15,16)17/h4-7,11,18H,2-3,8-10H2,1H3. The maximum Gasteiger partial charge on any atom is 0.446 e. The van der Waals surface area contributed by atoms with E-state index in [1.165, 1.54) is 12.1 Å². The predicted octanol–water partition coefficient (Wildman–Crippen LogP) is 4.19. The Kier molecular flexibility index (Phi) is 5.21. The van der Waals surface area contributed by atoms with Gasteiger partial charge >= 0.3 is 5.51 Å². The van der Waals surface area contributed by atoms with Crippen LogP contribution in [0.5, 0.6) is 0 Å². The summed E-state index contributed by atoms with van der Waals surface area (Å²) in [5.41, 5.74) is -3.33. The molecule has 112 valence electrons. The monoisotopic (exact) mass is 304 g/mol. The quantitative estimate of drug-likeness (QED) is 0.843. The van der Waals surface area contributed by atoms with Gasteiger partial charge in [0.2, 0.25) is 0 Å². The lowest BCUT2D eigenvalue weighted by Gasteiger charge is -2.18. The van der Waals surface area contributed by atoms with Gasteiger partial charge in [-0.15, -0.1) is 0 Å². The van der Waals surface area contributed by atoms with Crippen molar-refractivity contribution in [2.75, 3.05) is 25.5 Å². The Morgan fingerprint density at radius 2 is 1.85 bits per heavy atom. The van der Waals surface area contributed by atoms with E-state index < -0.39 is 5.51 Å². The highest BCUT2D eigenvalue weighted by molar-refractivity contribution is 8.00. The van der Waals surface area contributed by atoms with Crippen molar-refractivity contribution in [2.24, 2.45) is 0 Å². The van der Waals surface area contributed by atoms with Gasteiger partial charge in [-0.3, -0.25) is 0 Å². The lowest BCUT2D eigenvalue weighted by atomic mass is 10.1. The van der Waals surface area contributed by atoms with Crippen LogP contribution < -0.4 is 5.32 Å². The van der Waals surface area contributed by atoms with Crippen molar-refractivity contribution in [3.63, 3.8) is 0 Å². The molecule has 1 aromatic rings. The van der Waals surface area contributed by atoms with Crippen LogP contribution in [0.25, 0.3) is 0 Å². The lowest BCUT2D eigenvalue weighted by Crippen LogP contribution is -2.22. The summed E-state index contributed by atoms with van der Waals surface area (Å²) >= 11 is -0.0753. The van der Waals surface area contributed by atoms with E-state index in [0.717, 1.165) is 38.0 Å². The third-order valence-corrected chi connectivity index (χ3v) is 4.15. The van der Waals surface area contributed by atoms with E-state index >= 15 is 0 Å².